The Morgan fingerprint density at radius 3 is 2.72 bits per heavy atom. The Labute approximate surface area is 186 Å². The minimum absolute atomic E-state index is 0.135. The van der Waals surface area contributed by atoms with E-state index >= 15 is 0 Å². The number of amides is 1. The molecular weight excluding hydrogens is 404 g/mol. The smallest absolute Gasteiger partial charge is 0.289 e. The third-order valence-electron chi connectivity index (χ3n) is 6.23. The van der Waals surface area contributed by atoms with Crippen molar-refractivity contribution < 1.29 is 4.79 Å². The summed E-state index contributed by atoms with van der Waals surface area (Å²) in [5.74, 6) is 0.493. The van der Waals surface area contributed by atoms with Crippen molar-refractivity contribution in [1.29, 1.82) is 5.26 Å². The number of nitrogens with zero attached hydrogens (tertiary/aromatic N) is 6. The second kappa shape index (κ2) is 8.55. The van der Waals surface area contributed by atoms with Gasteiger partial charge in [-0.05, 0) is 70.0 Å². The average Bonchev–Trinajstić information content (AvgIpc) is 3.37. The highest BCUT2D eigenvalue weighted by Crippen LogP contribution is 2.29. The number of anilines is 1. The number of aromatic nitrogens is 4. The molecule has 2 aromatic heterocycles. The molecule has 1 aliphatic carbocycles. The van der Waals surface area contributed by atoms with Crippen LogP contribution in [0.3, 0.4) is 0 Å². The standard InChI is InChI=1S/C23H26N8O/c1-30-12-2-3-17(30)10-11-25-23(32)21-28-20(27-16-6-7-16)19-14-26-31(22(19)29-21)18-8-4-15(13-24)5-9-18/h4-5,8-9,14,16-17H,2-3,6-7,10-12H2,1H3,(H,25,32)(H,27,28,29). The maximum absolute atomic E-state index is 12.9. The molecule has 3 aromatic rings. The van der Waals surface area contributed by atoms with Crippen LogP contribution >= 0.6 is 0 Å². The number of nitrogens with one attached hydrogen (secondary N) is 2. The van der Waals surface area contributed by atoms with Crippen LogP contribution in [0.15, 0.2) is 30.5 Å². The molecule has 5 rings (SSSR count). The predicted molar refractivity (Wildman–Crippen MR) is 121 cm³/mol. The SMILES string of the molecule is CN1CCCC1CCNC(=O)c1nc(NC2CC2)c2cnn(-c3ccc(C#N)cc3)c2n1. The fourth-order valence-electron chi connectivity index (χ4n) is 4.18. The van der Waals surface area contributed by atoms with Crippen LogP contribution in [0.25, 0.3) is 16.7 Å². The van der Waals surface area contributed by atoms with Crippen LogP contribution in [-0.2, 0) is 0 Å². The van der Waals surface area contributed by atoms with Gasteiger partial charge in [-0.1, -0.05) is 0 Å². The first-order valence-electron chi connectivity index (χ1n) is 11.1. The molecule has 1 unspecified atom stereocenters. The normalized spacial score (nSPS) is 18.6. The molecule has 1 atom stereocenters. The van der Waals surface area contributed by atoms with E-state index in [1.165, 1.54) is 12.8 Å². The van der Waals surface area contributed by atoms with Gasteiger partial charge in [-0.3, -0.25) is 4.79 Å². The van der Waals surface area contributed by atoms with Crippen molar-refractivity contribution in [2.45, 2.75) is 44.2 Å². The van der Waals surface area contributed by atoms with E-state index in [2.05, 4.69) is 43.7 Å². The van der Waals surface area contributed by atoms with Crippen LogP contribution in [0.1, 0.15) is 48.3 Å². The van der Waals surface area contributed by atoms with E-state index in [0.717, 1.165) is 36.9 Å². The van der Waals surface area contributed by atoms with Crippen LogP contribution in [0.4, 0.5) is 5.82 Å². The molecule has 0 bridgehead atoms. The molecule has 9 heteroatoms. The molecular formula is C23H26N8O. The molecule has 0 spiro atoms. The Bertz CT molecular complexity index is 1180. The van der Waals surface area contributed by atoms with E-state index < -0.39 is 0 Å². The van der Waals surface area contributed by atoms with Crippen LogP contribution in [0.5, 0.6) is 0 Å². The van der Waals surface area contributed by atoms with E-state index in [-0.39, 0.29) is 11.7 Å². The summed E-state index contributed by atoms with van der Waals surface area (Å²) in [5, 5.41) is 20.7. The van der Waals surface area contributed by atoms with Gasteiger partial charge >= 0.3 is 0 Å². The molecule has 3 heterocycles. The Morgan fingerprint density at radius 1 is 1.22 bits per heavy atom. The third-order valence-corrected chi connectivity index (χ3v) is 6.23. The van der Waals surface area contributed by atoms with Crippen molar-refractivity contribution in [3.63, 3.8) is 0 Å². The maximum atomic E-state index is 12.9. The topological polar surface area (TPSA) is 112 Å². The minimum atomic E-state index is -0.279. The van der Waals surface area contributed by atoms with Crippen molar-refractivity contribution in [2.75, 3.05) is 25.5 Å². The molecule has 1 saturated carbocycles. The lowest BCUT2D eigenvalue weighted by Crippen LogP contribution is -2.32. The first kappa shape index (κ1) is 20.4. The Hall–Kier alpha value is -3.51. The molecule has 1 aliphatic heterocycles. The zero-order valence-electron chi connectivity index (χ0n) is 18.1. The summed E-state index contributed by atoms with van der Waals surface area (Å²) in [4.78, 5) is 24.4. The van der Waals surface area contributed by atoms with Gasteiger partial charge in [0.15, 0.2) is 5.65 Å². The van der Waals surface area contributed by atoms with Crippen LogP contribution in [0, 0.1) is 11.3 Å². The van der Waals surface area contributed by atoms with Crippen LogP contribution in [-0.4, -0.2) is 62.8 Å². The predicted octanol–water partition coefficient (Wildman–Crippen LogP) is 2.48. The van der Waals surface area contributed by atoms with Crippen molar-refractivity contribution in [3.8, 4) is 11.8 Å². The number of fused-ring (bicyclic) bond motifs is 1. The third kappa shape index (κ3) is 4.14. The van der Waals surface area contributed by atoms with Gasteiger partial charge < -0.3 is 15.5 Å². The van der Waals surface area contributed by atoms with Gasteiger partial charge in [-0.2, -0.15) is 10.4 Å². The number of likely N-dealkylation sites (tertiary alicyclic amines) is 1. The lowest BCUT2D eigenvalue weighted by Gasteiger charge is -2.19. The molecule has 164 valence electrons. The lowest BCUT2D eigenvalue weighted by molar-refractivity contribution is 0.0940. The quantitative estimate of drug-likeness (QED) is 0.592. The van der Waals surface area contributed by atoms with E-state index in [1.807, 2.05) is 12.1 Å². The molecule has 0 radical (unpaired) electrons. The average molecular weight is 431 g/mol. The second-order valence-electron chi connectivity index (χ2n) is 8.59. The highest BCUT2D eigenvalue weighted by molar-refractivity contribution is 5.95. The van der Waals surface area contributed by atoms with E-state index in [0.29, 0.717) is 35.7 Å². The van der Waals surface area contributed by atoms with Gasteiger partial charge in [0.1, 0.15) is 5.82 Å². The summed E-state index contributed by atoms with van der Waals surface area (Å²) in [6.07, 6.45) is 7.20. The number of benzene rings is 1. The summed E-state index contributed by atoms with van der Waals surface area (Å²) in [6, 6.07) is 10.1. The number of hydrogen-bond acceptors (Lipinski definition) is 7. The van der Waals surface area contributed by atoms with Crippen LogP contribution < -0.4 is 10.6 Å². The Balaban J connectivity index is 1.42. The van der Waals surface area contributed by atoms with Crippen LogP contribution in [0.2, 0.25) is 0 Å². The number of nitriles is 1. The van der Waals surface area contributed by atoms with Crippen molar-refractivity contribution >= 4 is 22.8 Å². The van der Waals surface area contributed by atoms with Gasteiger partial charge in [0.2, 0.25) is 5.82 Å². The van der Waals surface area contributed by atoms with Crippen molar-refractivity contribution in [1.82, 2.24) is 30.0 Å². The molecule has 9 nitrogen and oxygen atoms in total. The zero-order valence-corrected chi connectivity index (χ0v) is 18.1. The summed E-state index contributed by atoms with van der Waals surface area (Å²) < 4.78 is 1.68. The van der Waals surface area contributed by atoms with Crippen molar-refractivity contribution in [3.05, 3.63) is 41.9 Å². The Morgan fingerprint density at radius 2 is 2.03 bits per heavy atom. The first-order valence-corrected chi connectivity index (χ1v) is 11.1. The van der Waals surface area contributed by atoms with E-state index in [1.54, 1.807) is 23.0 Å². The summed E-state index contributed by atoms with van der Waals surface area (Å²) in [6.45, 7) is 1.71. The molecule has 2 fully saturated rings. The Kier molecular flexibility index (Phi) is 5.45. The highest BCUT2D eigenvalue weighted by atomic mass is 16.2. The largest absolute Gasteiger partial charge is 0.367 e. The summed E-state index contributed by atoms with van der Waals surface area (Å²) in [5.41, 5.74) is 1.91. The van der Waals surface area contributed by atoms with E-state index in [4.69, 9.17) is 5.26 Å². The molecule has 1 saturated heterocycles. The highest BCUT2D eigenvalue weighted by Gasteiger charge is 2.25. The molecule has 2 aliphatic rings. The van der Waals surface area contributed by atoms with Gasteiger partial charge in [-0.15, -0.1) is 0 Å². The molecule has 2 N–H and O–H groups in total. The molecule has 1 amide bonds. The van der Waals surface area contributed by atoms with E-state index in [9.17, 15) is 4.79 Å². The summed E-state index contributed by atoms with van der Waals surface area (Å²) >= 11 is 0. The van der Waals surface area contributed by atoms with Crippen molar-refractivity contribution in [2.24, 2.45) is 0 Å². The van der Waals surface area contributed by atoms with Gasteiger partial charge in [0.25, 0.3) is 5.91 Å². The lowest BCUT2D eigenvalue weighted by atomic mass is 10.1. The first-order chi connectivity index (χ1) is 15.6. The number of rotatable bonds is 7. The summed E-state index contributed by atoms with van der Waals surface area (Å²) in [7, 11) is 2.14. The number of carbonyl (C=O) groups is 1. The fourth-order valence-corrected chi connectivity index (χ4v) is 4.18. The maximum Gasteiger partial charge on any atom is 0.289 e. The van der Waals surface area contributed by atoms with Gasteiger partial charge in [0.05, 0.1) is 28.9 Å². The minimum Gasteiger partial charge on any atom is -0.367 e. The fraction of sp³-hybridized carbons (Fsp3) is 0.435. The monoisotopic (exact) mass is 430 g/mol. The number of hydrogen-bond donors (Lipinski definition) is 2. The number of carbonyl (C=O) groups excluding carboxylic acids is 1. The second-order valence-corrected chi connectivity index (χ2v) is 8.59. The van der Waals surface area contributed by atoms with Gasteiger partial charge in [-0.25, -0.2) is 14.6 Å². The molecule has 1 aromatic carbocycles. The molecule has 32 heavy (non-hydrogen) atoms. The zero-order chi connectivity index (χ0) is 22.1. The van der Waals surface area contributed by atoms with Gasteiger partial charge in [0, 0.05) is 18.6 Å².